The van der Waals surface area contributed by atoms with Gasteiger partial charge in [-0.3, -0.25) is 13.9 Å². The van der Waals surface area contributed by atoms with Crippen molar-refractivity contribution in [3.05, 3.63) is 52.1 Å². The summed E-state index contributed by atoms with van der Waals surface area (Å²) in [6.07, 6.45) is -5.27. The number of benzene rings is 1. The summed E-state index contributed by atoms with van der Waals surface area (Å²) in [5.74, 6) is 4.02. The van der Waals surface area contributed by atoms with E-state index in [1.54, 1.807) is 14.0 Å². The van der Waals surface area contributed by atoms with Crippen LogP contribution in [0.1, 0.15) is 18.3 Å². The number of hydrogen-bond donors (Lipinski definition) is 1. The van der Waals surface area contributed by atoms with Crippen LogP contribution in [0.4, 0.5) is 19.1 Å². The number of aromatic nitrogens is 4. The highest BCUT2D eigenvalue weighted by Crippen LogP contribution is 2.25. The summed E-state index contributed by atoms with van der Waals surface area (Å²) in [6, 6.07) is 9.76. The Kier molecular flexibility index (Phi) is 7.30. The molecule has 3 heterocycles. The molecule has 1 aromatic carbocycles. The van der Waals surface area contributed by atoms with E-state index in [-0.39, 0.29) is 42.3 Å². The van der Waals surface area contributed by atoms with Crippen LogP contribution in [0, 0.1) is 11.8 Å². The van der Waals surface area contributed by atoms with E-state index in [2.05, 4.69) is 27.1 Å². The Morgan fingerprint density at radius 2 is 1.97 bits per heavy atom. The number of rotatable bonds is 6. The Balaban J connectivity index is 1.76. The zero-order valence-corrected chi connectivity index (χ0v) is 19.8. The van der Waals surface area contributed by atoms with Crippen molar-refractivity contribution in [2.45, 2.75) is 38.7 Å². The predicted octanol–water partition coefficient (Wildman–Crippen LogP) is 1.78. The first kappa shape index (κ1) is 25.2. The first-order valence-corrected chi connectivity index (χ1v) is 11.4. The van der Waals surface area contributed by atoms with Crippen LogP contribution in [0.15, 0.2) is 35.1 Å². The fourth-order valence-electron chi connectivity index (χ4n) is 4.05. The number of anilines is 1. The minimum absolute atomic E-state index is 0.0434. The molecule has 4 rings (SSSR count). The first-order valence-electron chi connectivity index (χ1n) is 11.4. The third-order valence-corrected chi connectivity index (χ3v) is 5.88. The van der Waals surface area contributed by atoms with Crippen LogP contribution in [0.3, 0.4) is 0 Å². The SMILES string of the molecule is CC#CCn1c(N2CCNCC2OC(=O)C(F)(F)F)nc2nc(CCc3ccccc3)n(C)c(=O)c21. The van der Waals surface area contributed by atoms with Crippen molar-refractivity contribution in [1.29, 1.82) is 0 Å². The van der Waals surface area contributed by atoms with E-state index in [1.165, 1.54) is 14.0 Å². The average Bonchev–Trinajstić information content (AvgIpc) is 3.22. The fourth-order valence-corrected chi connectivity index (χ4v) is 4.05. The number of halogens is 3. The second-order valence-corrected chi connectivity index (χ2v) is 8.23. The van der Waals surface area contributed by atoms with Gasteiger partial charge in [-0.05, 0) is 18.9 Å². The zero-order valence-electron chi connectivity index (χ0n) is 19.8. The van der Waals surface area contributed by atoms with Crippen molar-refractivity contribution in [1.82, 2.24) is 24.4 Å². The van der Waals surface area contributed by atoms with Crippen LogP contribution >= 0.6 is 0 Å². The lowest BCUT2D eigenvalue weighted by Gasteiger charge is -2.36. The number of imidazole rings is 1. The smallest absolute Gasteiger partial charge is 0.433 e. The molecule has 0 saturated carbocycles. The van der Waals surface area contributed by atoms with Crippen LogP contribution in [-0.4, -0.2) is 57.1 Å². The molecule has 1 unspecified atom stereocenters. The molecule has 0 radical (unpaired) electrons. The number of alkyl halides is 3. The summed E-state index contributed by atoms with van der Waals surface area (Å²) in [5, 5.41) is 2.92. The molecule has 190 valence electrons. The highest BCUT2D eigenvalue weighted by Gasteiger charge is 2.44. The topological polar surface area (TPSA) is 94.3 Å². The van der Waals surface area contributed by atoms with Gasteiger partial charge in [0.15, 0.2) is 17.4 Å². The van der Waals surface area contributed by atoms with Gasteiger partial charge in [-0.2, -0.15) is 18.2 Å². The van der Waals surface area contributed by atoms with Gasteiger partial charge in [0.25, 0.3) is 5.56 Å². The van der Waals surface area contributed by atoms with Crippen molar-refractivity contribution in [2.75, 3.05) is 24.5 Å². The standard InChI is InChI=1S/C24H25F3N6O3/c1-3-4-13-33-19-20(29-17(31(2)21(19)34)11-10-16-8-6-5-7-9-16)30-23(33)32-14-12-28-15-18(32)36-22(35)24(25,26)27/h5-9,18,28H,10-15H2,1-2H3. The van der Waals surface area contributed by atoms with Crippen LogP contribution in [0.2, 0.25) is 0 Å². The van der Waals surface area contributed by atoms with E-state index >= 15 is 0 Å². The van der Waals surface area contributed by atoms with Gasteiger partial charge in [0, 0.05) is 26.6 Å². The summed E-state index contributed by atoms with van der Waals surface area (Å²) < 4.78 is 46.3. The van der Waals surface area contributed by atoms with Crippen LogP contribution in [0.25, 0.3) is 11.2 Å². The number of esters is 1. The van der Waals surface area contributed by atoms with Crippen LogP contribution in [0.5, 0.6) is 0 Å². The monoisotopic (exact) mass is 502 g/mol. The van der Waals surface area contributed by atoms with E-state index in [0.29, 0.717) is 25.2 Å². The Labute approximate surface area is 204 Å². The summed E-state index contributed by atoms with van der Waals surface area (Å²) in [6.45, 7) is 2.26. The highest BCUT2D eigenvalue weighted by atomic mass is 19.4. The van der Waals surface area contributed by atoms with E-state index in [4.69, 9.17) is 4.74 Å². The van der Waals surface area contributed by atoms with Gasteiger partial charge in [-0.1, -0.05) is 36.3 Å². The third-order valence-electron chi connectivity index (χ3n) is 5.88. The molecular weight excluding hydrogens is 477 g/mol. The molecule has 9 nitrogen and oxygen atoms in total. The van der Waals surface area contributed by atoms with Crippen molar-refractivity contribution in [3.63, 3.8) is 0 Å². The molecule has 2 aromatic heterocycles. The second kappa shape index (κ2) is 10.4. The number of nitrogens with one attached hydrogen (secondary N) is 1. The largest absolute Gasteiger partial charge is 0.491 e. The van der Waals surface area contributed by atoms with Gasteiger partial charge in [-0.25, -0.2) is 9.78 Å². The molecule has 1 aliphatic heterocycles. The maximum absolute atomic E-state index is 13.4. The van der Waals surface area contributed by atoms with Crippen LogP contribution < -0.4 is 15.8 Å². The number of carbonyl (C=O) groups is 1. The average molecular weight is 502 g/mol. The van der Waals surface area contributed by atoms with Crippen molar-refractivity contribution in [3.8, 4) is 11.8 Å². The highest BCUT2D eigenvalue weighted by molar-refractivity contribution is 5.77. The normalized spacial score (nSPS) is 16.0. The Morgan fingerprint density at radius 1 is 1.22 bits per heavy atom. The molecule has 0 aliphatic carbocycles. The molecular formula is C24H25F3N6O3. The van der Waals surface area contributed by atoms with E-state index in [9.17, 15) is 22.8 Å². The minimum atomic E-state index is -5.14. The van der Waals surface area contributed by atoms with Crippen molar-refractivity contribution in [2.24, 2.45) is 7.05 Å². The van der Waals surface area contributed by atoms with Gasteiger partial charge in [0.05, 0.1) is 13.1 Å². The molecule has 0 spiro atoms. The number of ether oxygens (including phenoxy) is 1. The molecule has 36 heavy (non-hydrogen) atoms. The Bertz CT molecular complexity index is 1370. The third kappa shape index (κ3) is 5.21. The lowest BCUT2D eigenvalue weighted by molar-refractivity contribution is -0.205. The van der Waals surface area contributed by atoms with Gasteiger partial charge >= 0.3 is 12.1 Å². The maximum Gasteiger partial charge on any atom is 0.491 e. The van der Waals surface area contributed by atoms with E-state index in [1.807, 2.05) is 30.3 Å². The maximum atomic E-state index is 13.4. The number of fused-ring (bicyclic) bond motifs is 1. The van der Waals surface area contributed by atoms with Gasteiger partial charge in [-0.15, -0.1) is 5.92 Å². The summed E-state index contributed by atoms with van der Waals surface area (Å²) in [7, 11) is 1.62. The lowest BCUT2D eigenvalue weighted by atomic mass is 10.1. The Hall–Kier alpha value is -3.85. The summed E-state index contributed by atoms with van der Waals surface area (Å²) in [4.78, 5) is 35.5. The van der Waals surface area contributed by atoms with E-state index in [0.717, 1.165) is 5.56 Å². The summed E-state index contributed by atoms with van der Waals surface area (Å²) in [5.41, 5.74) is 1.08. The van der Waals surface area contributed by atoms with Crippen molar-refractivity contribution < 1.29 is 22.7 Å². The molecule has 1 aliphatic rings. The zero-order chi connectivity index (χ0) is 25.9. The molecule has 1 saturated heterocycles. The van der Waals surface area contributed by atoms with Gasteiger partial charge < -0.3 is 15.0 Å². The lowest BCUT2D eigenvalue weighted by Crippen LogP contribution is -2.55. The number of aryl methyl sites for hydroxylation is 2. The molecule has 1 N–H and O–H groups in total. The molecule has 0 amide bonds. The van der Waals surface area contributed by atoms with Gasteiger partial charge in [0.1, 0.15) is 5.82 Å². The fraction of sp³-hybridized carbons (Fsp3) is 0.417. The number of carbonyl (C=O) groups excluding carboxylic acids is 1. The van der Waals surface area contributed by atoms with Crippen molar-refractivity contribution >= 4 is 23.1 Å². The van der Waals surface area contributed by atoms with Crippen LogP contribution in [-0.2, 0) is 36.0 Å². The molecule has 1 fully saturated rings. The molecule has 0 bridgehead atoms. The quantitative estimate of drug-likeness (QED) is 0.406. The Morgan fingerprint density at radius 3 is 2.67 bits per heavy atom. The minimum Gasteiger partial charge on any atom is -0.433 e. The van der Waals surface area contributed by atoms with E-state index < -0.39 is 18.4 Å². The first-order chi connectivity index (χ1) is 17.2. The second-order valence-electron chi connectivity index (χ2n) is 8.23. The number of hydrogen-bond acceptors (Lipinski definition) is 7. The predicted molar refractivity (Wildman–Crippen MR) is 126 cm³/mol. The molecule has 12 heteroatoms. The molecule has 1 atom stereocenters. The van der Waals surface area contributed by atoms with Gasteiger partial charge in [0.2, 0.25) is 5.95 Å². The number of nitrogens with zero attached hydrogens (tertiary/aromatic N) is 5. The summed E-state index contributed by atoms with van der Waals surface area (Å²) >= 11 is 0. The molecule has 3 aromatic rings. The number of piperazine rings is 1.